The van der Waals surface area contributed by atoms with Crippen LogP contribution >= 0.6 is 11.6 Å². The Morgan fingerprint density at radius 1 is 1.07 bits per heavy atom. The third kappa shape index (κ3) is 4.48. The van der Waals surface area contributed by atoms with Crippen molar-refractivity contribution in [2.45, 2.75) is 32.6 Å². The molecule has 4 rings (SSSR count). The summed E-state index contributed by atoms with van der Waals surface area (Å²) in [5.41, 5.74) is 4.52. The van der Waals surface area contributed by atoms with Crippen LogP contribution in [0.5, 0.6) is 0 Å². The van der Waals surface area contributed by atoms with Gasteiger partial charge in [0.2, 0.25) is 0 Å². The highest BCUT2D eigenvalue weighted by Crippen LogP contribution is 2.31. The minimum Gasteiger partial charge on any atom is -0.355 e. The van der Waals surface area contributed by atoms with E-state index in [0.717, 1.165) is 28.2 Å². The van der Waals surface area contributed by atoms with Crippen LogP contribution in [0.1, 0.15) is 38.2 Å². The van der Waals surface area contributed by atoms with Gasteiger partial charge in [-0.25, -0.2) is 0 Å². The Kier molecular flexibility index (Phi) is 5.84. The fourth-order valence-electron chi connectivity index (χ4n) is 4.19. The summed E-state index contributed by atoms with van der Waals surface area (Å²) >= 11 is 6.09. The first-order valence-electron chi connectivity index (χ1n) is 10.2. The average molecular weight is 394 g/mol. The number of likely N-dealkylation sites (tertiary alicyclic amines) is 1. The van der Waals surface area contributed by atoms with Gasteiger partial charge in [0.05, 0.1) is 5.52 Å². The lowest BCUT2D eigenvalue weighted by Gasteiger charge is -2.33. The molecule has 0 saturated carbocycles. The highest BCUT2D eigenvalue weighted by molar-refractivity contribution is 6.31. The molecule has 0 amide bonds. The summed E-state index contributed by atoms with van der Waals surface area (Å²) in [6.07, 6.45) is 4.34. The van der Waals surface area contributed by atoms with Gasteiger partial charge in [0.15, 0.2) is 0 Å². The quantitative estimate of drug-likeness (QED) is 0.538. The molecule has 1 aliphatic rings. The molecule has 0 atom stereocenters. The minimum absolute atomic E-state index is 0.682. The molecule has 2 heterocycles. The third-order valence-corrected chi connectivity index (χ3v) is 5.81. The van der Waals surface area contributed by atoms with Crippen molar-refractivity contribution in [3.63, 3.8) is 0 Å². The Morgan fingerprint density at radius 3 is 2.54 bits per heavy atom. The van der Waals surface area contributed by atoms with Gasteiger partial charge in [-0.05, 0) is 79.7 Å². The van der Waals surface area contributed by atoms with Crippen LogP contribution in [-0.2, 0) is 0 Å². The van der Waals surface area contributed by atoms with E-state index in [9.17, 15) is 0 Å². The van der Waals surface area contributed by atoms with Crippen LogP contribution in [0.25, 0.3) is 10.9 Å². The predicted octanol–water partition coefficient (Wildman–Crippen LogP) is 6.47. The lowest BCUT2D eigenvalue weighted by molar-refractivity contribution is 0.192. The molecule has 1 fully saturated rings. The molecule has 0 bridgehead atoms. The molecular formula is C24H28ClN3. The van der Waals surface area contributed by atoms with Crippen molar-refractivity contribution in [3.05, 3.63) is 65.3 Å². The van der Waals surface area contributed by atoms with Crippen molar-refractivity contribution in [2.24, 2.45) is 5.92 Å². The summed E-state index contributed by atoms with van der Waals surface area (Å²) in [5, 5.41) is 5.32. The third-order valence-electron chi connectivity index (χ3n) is 5.58. The van der Waals surface area contributed by atoms with Crippen LogP contribution < -0.4 is 5.32 Å². The molecular weight excluding hydrogens is 366 g/mol. The molecule has 2 aromatic carbocycles. The Labute approximate surface area is 172 Å². The Morgan fingerprint density at radius 2 is 1.82 bits per heavy atom. The summed E-state index contributed by atoms with van der Waals surface area (Å²) in [6, 6.07) is 16.8. The molecule has 1 N–H and O–H groups in total. The van der Waals surface area contributed by atoms with Gasteiger partial charge in [-0.3, -0.25) is 4.98 Å². The van der Waals surface area contributed by atoms with Crippen LogP contribution in [0.2, 0.25) is 5.02 Å². The van der Waals surface area contributed by atoms with E-state index in [0.29, 0.717) is 10.9 Å². The Bertz CT molecular complexity index is 928. The summed E-state index contributed by atoms with van der Waals surface area (Å²) in [6.45, 7) is 8.26. The first kappa shape index (κ1) is 19.2. The largest absolute Gasteiger partial charge is 0.355 e. The van der Waals surface area contributed by atoms with E-state index in [1.54, 1.807) is 0 Å². The van der Waals surface area contributed by atoms with E-state index in [2.05, 4.69) is 53.3 Å². The van der Waals surface area contributed by atoms with E-state index in [4.69, 9.17) is 11.6 Å². The maximum Gasteiger partial charge on any atom is 0.0737 e. The molecule has 4 heteroatoms. The van der Waals surface area contributed by atoms with Crippen LogP contribution in [-0.4, -0.2) is 29.5 Å². The smallest absolute Gasteiger partial charge is 0.0737 e. The zero-order chi connectivity index (χ0) is 19.5. The first-order chi connectivity index (χ1) is 13.6. The highest BCUT2D eigenvalue weighted by Gasteiger charge is 2.20. The van der Waals surface area contributed by atoms with E-state index >= 15 is 0 Å². The second-order valence-corrected chi connectivity index (χ2v) is 8.67. The van der Waals surface area contributed by atoms with Crippen molar-refractivity contribution in [1.82, 2.24) is 9.88 Å². The molecule has 28 heavy (non-hydrogen) atoms. The first-order valence-corrected chi connectivity index (χ1v) is 10.6. The van der Waals surface area contributed by atoms with Gasteiger partial charge in [0.25, 0.3) is 0 Å². The van der Waals surface area contributed by atoms with Gasteiger partial charge in [0.1, 0.15) is 0 Å². The van der Waals surface area contributed by atoms with E-state index in [1.807, 2.05) is 30.5 Å². The summed E-state index contributed by atoms with van der Waals surface area (Å²) < 4.78 is 0. The number of piperidine rings is 1. The van der Waals surface area contributed by atoms with Gasteiger partial charge in [0, 0.05) is 34.5 Å². The Balaban J connectivity index is 1.43. The second-order valence-electron chi connectivity index (χ2n) is 8.24. The number of benzene rings is 2. The highest BCUT2D eigenvalue weighted by atomic mass is 35.5. The summed E-state index contributed by atoms with van der Waals surface area (Å²) in [5.74, 6) is 1.43. The lowest BCUT2D eigenvalue weighted by atomic mass is 9.89. The topological polar surface area (TPSA) is 28.2 Å². The van der Waals surface area contributed by atoms with Crippen molar-refractivity contribution < 1.29 is 0 Å². The van der Waals surface area contributed by atoms with Crippen LogP contribution in [0.3, 0.4) is 0 Å². The van der Waals surface area contributed by atoms with Gasteiger partial charge >= 0.3 is 0 Å². The predicted molar refractivity (Wildman–Crippen MR) is 120 cm³/mol. The van der Waals surface area contributed by atoms with E-state index in [1.165, 1.54) is 38.0 Å². The number of nitrogens with zero attached hydrogens (tertiary/aromatic N) is 2. The van der Waals surface area contributed by atoms with Crippen molar-refractivity contribution in [1.29, 1.82) is 0 Å². The number of fused-ring (bicyclic) bond motifs is 1. The van der Waals surface area contributed by atoms with Gasteiger partial charge in [-0.1, -0.05) is 37.6 Å². The van der Waals surface area contributed by atoms with Gasteiger partial charge < -0.3 is 10.2 Å². The molecule has 1 saturated heterocycles. The number of halogens is 1. The van der Waals surface area contributed by atoms with Gasteiger partial charge in [-0.2, -0.15) is 0 Å². The molecule has 0 spiro atoms. The number of aromatic nitrogens is 1. The Hall–Kier alpha value is -2.10. The second kappa shape index (κ2) is 8.50. The molecule has 146 valence electrons. The van der Waals surface area contributed by atoms with Crippen molar-refractivity contribution >= 4 is 33.9 Å². The number of pyridine rings is 1. The SMILES string of the molecule is CC(C)CN1CCC(c2ccc(Nc3ccnc4cc(Cl)ccc34)cc2)CC1. The normalized spacial score (nSPS) is 16.0. The number of nitrogens with one attached hydrogen (secondary N) is 1. The van der Waals surface area contributed by atoms with Crippen LogP contribution in [0, 0.1) is 5.92 Å². The van der Waals surface area contributed by atoms with E-state index in [-0.39, 0.29) is 0 Å². The molecule has 0 unspecified atom stereocenters. The molecule has 1 aromatic heterocycles. The number of hydrogen-bond donors (Lipinski definition) is 1. The minimum atomic E-state index is 0.682. The fraction of sp³-hybridized carbons (Fsp3) is 0.375. The summed E-state index contributed by atoms with van der Waals surface area (Å²) in [4.78, 5) is 7.02. The maximum atomic E-state index is 6.09. The number of anilines is 2. The molecule has 3 aromatic rings. The molecule has 1 aliphatic heterocycles. The molecule has 0 radical (unpaired) electrons. The van der Waals surface area contributed by atoms with Crippen molar-refractivity contribution in [3.8, 4) is 0 Å². The maximum absolute atomic E-state index is 6.09. The number of rotatable bonds is 5. The average Bonchev–Trinajstić information content (AvgIpc) is 2.69. The van der Waals surface area contributed by atoms with Crippen molar-refractivity contribution in [2.75, 3.05) is 25.0 Å². The lowest BCUT2D eigenvalue weighted by Crippen LogP contribution is -2.35. The van der Waals surface area contributed by atoms with Crippen LogP contribution in [0.4, 0.5) is 11.4 Å². The zero-order valence-electron chi connectivity index (χ0n) is 16.7. The number of hydrogen-bond acceptors (Lipinski definition) is 3. The van der Waals surface area contributed by atoms with Gasteiger partial charge in [-0.15, -0.1) is 0 Å². The molecule has 0 aliphatic carbocycles. The standard InChI is InChI=1S/C24H28ClN3/c1-17(2)16-28-13-10-19(11-14-28)18-3-6-21(7-4-18)27-23-9-12-26-24-15-20(25)5-8-22(23)24/h3-9,12,15,17,19H,10-11,13-14,16H2,1-2H3,(H,26,27). The van der Waals surface area contributed by atoms with E-state index < -0.39 is 0 Å². The van der Waals surface area contributed by atoms with Crippen LogP contribution in [0.15, 0.2) is 54.7 Å². The zero-order valence-corrected chi connectivity index (χ0v) is 17.4. The monoisotopic (exact) mass is 393 g/mol. The fourth-order valence-corrected chi connectivity index (χ4v) is 4.36. The summed E-state index contributed by atoms with van der Waals surface area (Å²) in [7, 11) is 0. The molecule has 3 nitrogen and oxygen atoms in total.